The van der Waals surface area contributed by atoms with Crippen LogP contribution in [0.2, 0.25) is 0 Å². The molecule has 4 aromatic rings. The lowest BCUT2D eigenvalue weighted by atomic mass is 9.96. The van der Waals surface area contributed by atoms with E-state index in [2.05, 4.69) is 108 Å². The molecule has 33 heavy (non-hydrogen) atoms. The minimum Gasteiger partial charge on any atom is -0.351 e. The Morgan fingerprint density at radius 1 is 0.879 bits per heavy atom. The van der Waals surface area contributed by atoms with E-state index in [0.717, 1.165) is 26.0 Å². The number of anilines is 1. The van der Waals surface area contributed by atoms with E-state index in [4.69, 9.17) is 12.2 Å². The summed E-state index contributed by atoms with van der Waals surface area (Å²) in [5.74, 6) is 0. The first-order valence-corrected chi connectivity index (χ1v) is 12.6. The molecule has 0 amide bonds. The standard InChI is InChI=1S/C26H22Br2N4S/c1-16-14-22(17(2)31(16)21-7-5-6-19(28)15-21)25-24(23-8-3-4-13-29-23)30-26(33)32(25)20-11-9-18(27)10-12-20/h3-15,24-25H,1-2H3,(H,30,33)/t24-,25-/m0/s1. The number of aryl methyl sites for hydroxylation is 1. The van der Waals surface area contributed by atoms with E-state index in [1.54, 1.807) is 0 Å². The van der Waals surface area contributed by atoms with Gasteiger partial charge in [0.15, 0.2) is 5.11 Å². The molecule has 0 radical (unpaired) electrons. The van der Waals surface area contributed by atoms with Crippen molar-refractivity contribution in [2.75, 3.05) is 4.90 Å². The molecule has 7 heteroatoms. The predicted octanol–water partition coefficient (Wildman–Crippen LogP) is 7.19. The lowest BCUT2D eigenvalue weighted by Gasteiger charge is -2.28. The first-order valence-electron chi connectivity index (χ1n) is 10.6. The van der Waals surface area contributed by atoms with Gasteiger partial charge in [-0.05, 0) is 92.3 Å². The van der Waals surface area contributed by atoms with Crippen LogP contribution in [0.3, 0.4) is 0 Å². The molecule has 1 fully saturated rings. The highest BCUT2D eigenvalue weighted by molar-refractivity contribution is 9.10. The van der Waals surface area contributed by atoms with Crippen LogP contribution in [-0.2, 0) is 0 Å². The number of benzene rings is 2. The molecule has 2 aromatic carbocycles. The van der Waals surface area contributed by atoms with Gasteiger partial charge in [-0.1, -0.05) is 44.0 Å². The minimum absolute atomic E-state index is 0.0410. The minimum atomic E-state index is -0.0705. The summed E-state index contributed by atoms with van der Waals surface area (Å²) in [5, 5.41) is 4.25. The summed E-state index contributed by atoms with van der Waals surface area (Å²) in [4.78, 5) is 6.89. The van der Waals surface area contributed by atoms with Crippen molar-refractivity contribution < 1.29 is 0 Å². The van der Waals surface area contributed by atoms with Crippen LogP contribution in [0.4, 0.5) is 5.69 Å². The molecule has 0 aliphatic carbocycles. The Bertz CT molecular complexity index is 1320. The van der Waals surface area contributed by atoms with E-state index in [9.17, 15) is 0 Å². The molecule has 0 saturated carbocycles. The van der Waals surface area contributed by atoms with Gasteiger partial charge in [0.25, 0.3) is 0 Å². The van der Waals surface area contributed by atoms with Crippen molar-refractivity contribution in [2.24, 2.45) is 0 Å². The molecule has 0 unspecified atom stereocenters. The zero-order valence-electron chi connectivity index (χ0n) is 18.2. The van der Waals surface area contributed by atoms with Crippen LogP contribution < -0.4 is 10.2 Å². The largest absolute Gasteiger partial charge is 0.351 e. The van der Waals surface area contributed by atoms with Crippen LogP contribution >= 0.6 is 44.1 Å². The molecule has 1 N–H and O–H groups in total. The van der Waals surface area contributed by atoms with Gasteiger partial charge in [0.1, 0.15) is 0 Å². The monoisotopic (exact) mass is 580 g/mol. The van der Waals surface area contributed by atoms with Crippen molar-refractivity contribution in [1.29, 1.82) is 0 Å². The first kappa shape index (κ1) is 22.3. The SMILES string of the molecule is Cc1cc([C@H]2[C@H](c3ccccn3)NC(=S)N2c2ccc(Br)cc2)c(C)n1-c1cccc(Br)c1. The lowest BCUT2D eigenvalue weighted by molar-refractivity contribution is 0.565. The number of aromatic nitrogens is 2. The third-order valence-electron chi connectivity index (χ3n) is 6.06. The van der Waals surface area contributed by atoms with Crippen molar-refractivity contribution in [1.82, 2.24) is 14.9 Å². The van der Waals surface area contributed by atoms with Gasteiger partial charge < -0.3 is 14.8 Å². The number of thiocarbonyl (C=S) groups is 1. The molecular weight excluding hydrogens is 560 g/mol. The van der Waals surface area contributed by atoms with Gasteiger partial charge in [0.05, 0.1) is 17.8 Å². The van der Waals surface area contributed by atoms with Gasteiger partial charge in [-0.3, -0.25) is 4.98 Å². The molecule has 166 valence electrons. The van der Waals surface area contributed by atoms with Crippen molar-refractivity contribution in [3.8, 4) is 5.69 Å². The molecule has 1 aliphatic rings. The van der Waals surface area contributed by atoms with Gasteiger partial charge >= 0.3 is 0 Å². The highest BCUT2D eigenvalue weighted by Gasteiger charge is 2.42. The smallest absolute Gasteiger partial charge is 0.174 e. The summed E-state index contributed by atoms with van der Waals surface area (Å²) in [6.07, 6.45) is 1.84. The number of nitrogens with zero attached hydrogens (tertiary/aromatic N) is 3. The molecular formula is C26H22Br2N4S. The molecule has 0 bridgehead atoms. The summed E-state index contributed by atoms with van der Waals surface area (Å²) in [6, 6.07) is 24.9. The number of rotatable bonds is 4. The first-order chi connectivity index (χ1) is 15.9. The van der Waals surface area contributed by atoms with Crippen molar-refractivity contribution >= 4 is 54.9 Å². The summed E-state index contributed by atoms with van der Waals surface area (Å²) in [5.41, 5.74) is 6.73. The van der Waals surface area contributed by atoms with E-state index in [0.29, 0.717) is 5.11 Å². The zero-order valence-corrected chi connectivity index (χ0v) is 22.2. The van der Waals surface area contributed by atoms with Crippen LogP contribution in [-0.4, -0.2) is 14.7 Å². The van der Waals surface area contributed by atoms with Crippen LogP contribution in [0.1, 0.15) is 34.7 Å². The zero-order chi connectivity index (χ0) is 23.1. The van der Waals surface area contributed by atoms with Crippen molar-refractivity contribution in [2.45, 2.75) is 25.9 Å². The predicted molar refractivity (Wildman–Crippen MR) is 145 cm³/mol. The molecule has 0 spiro atoms. The molecule has 2 atom stereocenters. The highest BCUT2D eigenvalue weighted by atomic mass is 79.9. The number of halogens is 2. The van der Waals surface area contributed by atoms with Crippen molar-refractivity contribution in [3.63, 3.8) is 0 Å². The fourth-order valence-corrected chi connectivity index (χ4v) is 5.65. The van der Waals surface area contributed by atoms with Gasteiger partial charge in [-0.15, -0.1) is 0 Å². The fraction of sp³-hybridized carbons (Fsp3) is 0.154. The van der Waals surface area contributed by atoms with E-state index >= 15 is 0 Å². The van der Waals surface area contributed by atoms with Gasteiger partial charge in [0, 0.05) is 37.9 Å². The second-order valence-corrected chi connectivity index (χ2v) is 10.3. The Kier molecular flexibility index (Phi) is 6.12. The Hall–Kier alpha value is -2.48. The Balaban J connectivity index is 1.68. The maximum absolute atomic E-state index is 5.87. The third kappa shape index (κ3) is 4.14. The Morgan fingerprint density at radius 2 is 1.67 bits per heavy atom. The second kappa shape index (κ2) is 9.05. The Morgan fingerprint density at radius 3 is 2.36 bits per heavy atom. The summed E-state index contributed by atoms with van der Waals surface area (Å²) >= 11 is 13.0. The van der Waals surface area contributed by atoms with Crippen LogP contribution in [0.15, 0.2) is 87.9 Å². The topological polar surface area (TPSA) is 33.1 Å². The van der Waals surface area contributed by atoms with Gasteiger partial charge in [-0.2, -0.15) is 0 Å². The highest BCUT2D eigenvalue weighted by Crippen LogP contribution is 2.44. The molecule has 5 rings (SSSR count). The van der Waals surface area contributed by atoms with Crippen molar-refractivity contribution in [3.05, 3.63) is 111 Å². The maximum atomic E-state index is 5.87. The average Bonchev–Trinajstić information content (AvgIpc) is 3.30. The second-order valence-electron chi connectivity index (χ2n) is 8.11. The van der Waals surface area contributed by atoms with E-state index in [-0.39, 0.29) is 12.1 Å². The number of pyridine rings is 1. The third-order valence-corrected chi connectivity index (χ3v) is 7.39. The molecule has 4 nitrogen and oxygen atoms in total. The summed E-state index contributed by atoms with van der Waals surface area (Å²) < 4.78 is 4.40. The summed E-state index contributed by atoms with van der Waals surface area (Å²) in [6.45, 7) is 4.33. The molecule has 3 heterocycles. The molecule has 1 aliphatic heterocycles. The maximum Gasteiger partial charge on any atom is 0.174 e. The van der Waals surface area contributed by atoms with E-state index < -0.39 is 0 Å². The molecule has 1 saturated heterocycles. The van der Waals surface area contributed by atoms with E-state index in [1.165, 1.54) is 17.0 Å². The van der Waals surface area contributed by atoms with Crippen LogP contribution in [0.25, 0.3) is 5.69 Å². The summed E-state index contributed by atoms with van der Waals surface area (Å²) in [7, 11) is 0. The normalized spacial score (nSPS) is 17.9. The number of nitrogens with one attached hydrogen (secondary N) is 1. The fourth-order valence-electron chi connectivity index (χ4n) is 4.65. The Labute approximate surface area is 215 Å². The lowest BCUT2D eigenvalue weighted by Crippen LogP contribution is -2.29. The number of hydrogen-bond donors (Lipinski definition) is 1. The average molecular weight is 582 g/mol. The van der Waals surface area contributed by atoms with Gasteiger partial charge in [0.2, 0.25) is 0 Å². The quantitative estimate of drug-likeness (QED) is 0.259. The van der Waals surface area contributed by atoms with E-state index in [1.807, 2.05) is 36.5 Å². The number of hydrogen-bond acceptors (Lipinski definition) is 2. The van der Waals surface area contributed by atoms with Crippen LogP contribution in [0, 0.1) is 13.8 Å². The van der Waals surface area contributed by atoms with Crippen LogP contribution in [0.5, 0.6) is 0 Å². The molecule has 2 aromatic heterocycles. The van der Waals surface area contributed by atoms with Gasteiger partial charge in [-0.25, -0.2) is 0 Å².